The lowest BCUT2D eigenvalue weighted by atomic mass is 9.89. The third-order valence-corrected chi connectivity index (χ3v) is 4.76. The van der Waals surface area contributed by atoms with Crippen molar-refractivity contribution < 1.29 is 24.5 Å². The van der Waals surface area contributed by atoms with Crippen molar-refractivity contribution in [3.8, 4) is 11.5 Å². The van der Waals surface area contributed by atoms with Gasteiger partial charge in [0.15, 0.2) is 11.5 Å². The third-order valence-electron chi connectivity index (χ3n) is 3.57. The van der Waals surface area contributed by atoms with E-state index in [1.807, 2.05) is 0 Å². The number of ether oxygens (including phenoxy) is 1. The number of carbonyl (C=O) groups excluding carboxylic acids is 1. The molecule has 0 saturated heterocycles. The molecule has 1 aromatic carbocycles. The Balaban J connectivity index is 2.09. The fourth-order valence-corrected chi connectivity index (χ4v) is 3.52. The molecule has 3 N–H and O–H groups in total. The highest BCUT2D eigenvalue weighted by Gasteiger charge is 2.29. The number of benzene rings is 1. The van der Waals surface area contributed by atoms with Gasteiger partial charge in [-0.05, 0) is 23.8 Å². The van der Waals surface area contributed by atoms with Crippen molar-refractivity contribution in [2.24, 2.45) is 0 Å². The lowest BCUT2D eigenvalue weighted by molar-refractivity contribution is -0.116. The predicted octanol–water partition coefficient (Wildman–Crippen LogP) is 2.63. The van der Waals surface area contributed by atoms with E-state index in [1.165, 1.54) is 19.2 Å². The van der Waals surface area contributed by atoms with E-state index in [2.05, 4.69) is 5.32 Å². The lowest BCUT2D eigenvalue weighted by Gasteiger charge is -2.25. The molecule has 7 heteroatoms. The van der Waals surface area contributed by atoms with Crippen LogP contribution >= 0.6 is 11.3 Å². The maximum atomic E-state index is 11.9. The van der Waals surface area contributed by atoms with Crippen molar-refractivity contribution in [1.29, 1.82) is 0 Å². The first-order chi connectivity index (χ1) is 10.5. The molecule has 114 valence electrons. The first-order valence-electron chi connectivity index (χ1n) is 6.53. The summed E-state index contributed by atoms with van der Waals surface area (Å²) in [4.78, 5) is 23.9. The molecule has 6 nitrogen and oxygen atoms in total. The molecule has 22 heavy (non-hydrogen) atoms. The van der Waals surface area contributed by atoms with Gasteiger partial charge in [0.1, 0.15) is 4.88 Å². The molecule has 1 aliphatic rings. The summed E-state index contributed by atoms with van der Waals surface area (Å²) in [6.07, 6.45) is 0.223. The van der Waals surface area contributed by atoms with E-state index in [1.54, 1.807) is 12.1 Å². The molecular formula is C15H13NO5S. The van der Waals surface area contributed by atoms with Crippen LogP contribution in [0.4, 0.5) is 5.69 Å². The number of thiophene rings is 1. The molecule has 1 amide bonds. The van der Waals surface area contributed by atoms with Crippen LogP contribution in [-0.4, -0.2) is 29.2 Å². The van der Waals surface area contributed by atoms with E-state index in [0.717, 1.165) is 21.8 Å². The fraction of sp³-hybridized carbons (Fsp3) is 0.200. The van der Waals surface area contributed by atoms with Gasteiger partial charge in [0.2, 0.25) is 5.91 Å². The molecule has 2 aromatic rings. The summed E-state index contributed by atoms with van der Waals surface area (Å²) < 4.78 is 5.11. The summed E-state index contributed by atoms with van der Waals surface area (Å²) in [5.41, 5.74) is 1.32. The second kappa shape index (κ2) is 5.34. The van der Waals surface area contributed by atoms with Gasteiger partial charge in [0.05, 0.1) is 7.11 Å². The normalized spacial score (nSPS) is 16.8. The van der Waals surface area contributed by atoms with Crippen LogP contribution in [0.5, 0.6) is 11.5 Å². The summed E-state index contributed by atoms with van der Waals surface area (Å²) in [6, 6.07) is 6.38. The second-order valence-electron chi connectivity index (χ2n) is 4.92. The van der Waals surface area contributed by atoms with Crippen LogP contribution in [0.25, 0.3) is 0 Å². The van der Waals surface area contributed by atoms with E-state index in [9.17, 15) is 14.7 Å². The Bertz CT molecular complexity index is 767. The van der Waals surface area contributed by atoms with Gasteiger partial charge in [-0.3, -0.25) is 4.79 Å². The van der Waals surface area contributed by atoms with Crippen LogP contribution in [0, 0.1) is 0 Å². The van der Waals surface area contributed by atoms with Gasteiger partial charge in [-0.25, -0.2) is 4.79 Å². The number of aromatic carboxylic acids is 1. The quantitative estimate of drug-likeness (QED) is 0.808. The topological polar surface area (TPSA) is 95.9 Å². The number of hydrogen-bond acceptors (Lipinski definition) is 5. The molecule has 3 rings (SSSR count). The van der Waals surface area contributed by atoms with E-state index in [4.69, 9.17) is 9.84 Å². The Morgan fingerprint density at radius 2 is 2.18 bits per heavy atom. The molecule has 0 radical (unpaired) electrons. The molecule has 0 bridgehead atoms. The number of rotatable bonds is 3. The molecular weight excluding hydrogens is 306 g/mol. The van der Waals surface area contributed by atoms with E-state index < -0.39 is 5.97 Å². The minimum Gasteiger partial charge on any atom is -0.504 e. The zero-order valence-electron chi connectivity index (χ0n) is 11.6. The molecule has 0 fully saturated rings. The first kappa shape index (κ1) is 14.4. The van der Waals surface area contributed by atoms with Crippen LogP contribution in [0.3, 0.4) is 0 Å². The van der Waals surface area contributed by atoms with Crippen LogP contribution in [0.1, 0.15) is 32.5 Å². The van der Waals surface area contributed by atoms with E-state index in [0.29, 0.717) is 11.4 Å². The zero-order valence-corrected chi connectivity index (χ0v) is 12.4. The van der Waals surface area contributed by atoms with Crippen molar-refractivity contribution in [1.82, 2.24) is 0 Å². The highest BCUT2D eigenvalue weighted by molar-refractivity contribution is 7.14. The molecule has 1 aliphatic heterocycles. The minimum absolute atomic E-state index is 0.0559. The zero-order chi connectivity index (χ0) is 15.9. The van der Waals surface area contributed by atoms with Gasteiger partial charge >= 0.3 is 5.97 Å². The number of carboxylic acids is 1. The van der Waals surface area contributed by atoms with E-state index >= 15 is 0 Å². The molecule has 0 saturated carbocycles. The van der Waals surface area contributed by atoms with Crippen LogP contribution in [-0.2, 0) is 4.79 Å². The molecule has 0 spiro atoms. The predicted molar refractivity (Wildman–Crippen MR) is 81.0 cm³/mol. The summed E-state index contributed by atoms with van der Waals surface area (Å²) in [7, 11) is 1.45. The number of fused-ring (bicyclic) bond motifs is 1. The number of phenols is 1. The number of aromatic hydroxyl groups is 1. The van der Waals surface area contributed by atoms with E-state index in [-0.39, 0.29) is 28.9 Å². The van der Waals surface area contributed by atoms with Crippen LogP contribution in [0.15, 0.2) is 24.3 Å². The van der Waals surface area contributed by atoms with Gasteiger partial charge < -0.3 is 20.3 Å². The number of carboxylic acid groups (broad SMARTS) is 1. The lowest BCUT2D eigenvalue weighted by Crippen LogP contribution is -2.23. The fourth-order valence-electron chi connectivity index (χ4n) is 2.55. The number of methoxy groups -OCH3 is 1. The standard InChI is InChI=1S/C15H13NO5S/c1-21-11-4-7-8(12-2-3-13(22-12)15(19)20)5-14(18)16-9(7)6-10(11)17/h2-4,6,8,17H,5H2,1H3,(H,16,18)(H,19,20)/t8-/m0/s1. The number of nitrogens with one attached hydrogen (secondary N) is 1. The monoisotopic (exact) mass is 319 g/mol. The van der Waals surface area contributed by atoms with Crippen molar-refractivity contribution in [3.05, 3.63) is 39.6 Å². The van der Waals surface area contributed by atoms with Gasteiger partial charge in [-0.1, -0.05) is 0 Å². The van der Waals surface area contributed by atoms with Gasteiger partial charge in [-0.15, -0.1) is 11.3 Å². The average Bonchev–Trinajstić information content (AvgIpc) is 2.95. The number of amides is 1. The summed E-state index contributed by atoms with van der Waals surface area (Å²) in [5.74, 6) is -1.15. The van der Waals surface area contributed by atoms with Crippen molar-refractivity contribution in [2.75, 3.05) is 12.4 Å². The Morgan fingerprint density at radius 3 is 2.82 bits per heavy atom. The maximum absolute atomic E-state index is 11.9. The molecule has 1 atom stereocenters. The average molecular weight is 319 g/mol. The first-order valence-corrected chi connectivity index (χ1v) is 7.35. The van der Waals surface area contributed by atoms with Gasteiger partial charge in [0.25, 0.3) is 0 Å². The Labute approximate surface area is 130 Å². The highest BCUT2D eigenvalue weighted by atomic mass is 32.1. The highest BCUT2D eigenvalue weighted by Crippen LogP contribution is 2.44. The van der Waals surface area contributed by atoms with Crippen molar-refractivity contribution in [3.63, 3.8) is 0 Å². The third kappa shape index (κ3) is 2.39. The largest absolute Gasteiger partial charge is 0.504 e. The van der Waals surface area contributed by atoms with Gasteiger partial charge in [0, 0.05) is 29.0 Å². The minimum atomic E-state index is -0.986. The van der Waals surface area contributed by atoms with Crippen molar-refractivity contribution >= 4 is 28.9 Å². The second-order valence-corrected chi connectivity index (χ2v) is 6.04. The molecule has 0 aliphatic carbocycles. The molecule has 0 unspecified atom stereocenters. The Kier molecular flexibility index (Phi) is 3.50. The SMILES string of the molecule is COc1cc2c(cc1O)NC(=O)C[C@@H]2c1ccc(C(=O)O)s1. The maximum Gasteiger partial charge on any atom is 0.345 e. The molecule has 2 heterocycles. The summed E-state index contributed by atoms with van der Waals surface area (Å²) in [6.45, 7) is 0. The number of anilines is 1. The number of carbonyl (C=O) groups is 2. The smallest absolute Gasteiger partial charge is 0.345 e. The summed E-state index contributed by atoms with van der Waals surface area (Å²) in [5, 5.41) is 21.6. The van der Waals surface area contributed by atoms with Crippen LogP contribution in [0.2, 0.25) is 0 Å². The van der Waals surface area contributed by atoms with Crippen LogP contribution < -0.4 is 10.1 Å². The van der Waals surface area contributed by atoms with Crippen molar-refractivity contribution in [2.45, 2.75) is 12.3 Å². The molecule has 1 aromatic heterocycles. The number of phenolic OH excluding ortho intramolecular Hbond substituents is 1. The Morgan fingerprint density at radius 1 is 1.41 bits per heavy atom. The van der Waals surface area contributed by atoms with Gasteiger partial charge in [-0.2, -0.15) is 0 Å². The summed E-state index contributed by atoms with van der Waals surface area (Å²) >= 11 is 1.15. The Hall–Kier alpha value is -2.54. The number of hydrogen-bond donors (Lipinski definition) is 3.